The standard InChI is InChI=1S/C17H21NO5/c1-2-8-23-16(21)18-17(15(19)20)9-14(10-17)12-22-11-13-6-4-3-5-7-13/h2-7,14H,1,8-12H2,(H,18,21)(H,19,20). The lowest BCUT2D eigenvalue weighted by Gasteiger charge is -2.44. The van der Waals surface area contributed by atoms with Crippen LogP contribution in [0.2, 0.25) is 0 Å². The first-order chi connectivity index (χ1) is 11.1. The normalized spacial score (nSPS) is 22.7. The first kappa shape index (κ1) is 17.0. The van der Waals surface area contributed by atoms with Crippen LogP contribution in [-0.4, -0.2) is 35.9 Å². The molecule has 6 nitrogen and oxygen atoms in total. The van der Waals surface area contributed by atoms with Crippen LogP contribution in [0, 0.1) is 5.92 Å². The van der Waals surface area contributed by atoms with E-state index in [-0.39, 0.29) is 12.5 Å². The second-order valence-corrected chi connectivity index (χ2v) is 5.67. The number of amides is 1. The van der Waals surface area contributed by atoms with Crippen molar-refractivity contribution < 1.29 is 24.2 Å². The van der Waals surface area contributed by atoms with Gasteiger partial charge in [-0.25, -0.2) is 9.59 Å². The molecule has 2 rings (SSSR count). The molecule has 1 aromatic carbocycles. The van der Waals surface area contributed by atoms with Crippen LogP contribution in [0.3, 0.4) is 0 Å². The van der Waals surface area contributed by atoms with E-state index >= 15 is 0 Å². The van der Waals surface area contributed by atoms with E-state index < -0.39 is 17.6 Å². The minimum Gasteiger partial charge on any atom is -0.480 e. The lowest BCUT2D eigenvalue weighted by atomic mass is 9.68. The third-order valence-electron chi connectivity index (χ3n) is 3.82. The number of rotatable bonds is 8. The molecule has 124 valence electrons. The van der Waals surface area contributed by atoms with E-state index in [4.69, 9.17) is 9.47 Å². The van der Waals surface area contributed by atoms with Crippen molar-refractivity contribution in [1.82, 2.24) is 5.32 Å². The lowest BCUT2D eigenvalue weighted by Crippen LogP contribution is -2.63. The molecule has 0 spiro atoms. The maximum atomic E-state index is 11.5. The van der Waals surface area contributed by atoms with E-state index in [0.29, 0.717) is 26.1 Å². The van der Waals surface area contributed by atoms with Crippen molar-refractivity contribution in [1.29, 1.82) is 0 Å². The molecule has 1 amide bonds. The topological polar surface area (TPSA) is 84.9 Å². The summed E-state index contributed by atoms with van der Waals surface area (Å²) in [5, 5.41) is 11.8. The highest BCUT2D eigenvalue weighted by molar-refractivity contribution is 5.85. The van der Waals surface area contributed by atoms with Crippen LogP contribution in [0.1, 0.15) is 18.4 Å². The van der Waals surface area contributed by atoms with Crippen molar-refractivity contribution in [3.05, 3.63) is 48.6 Å². The van der Waals surface area contributed by atoms with Crippen LogP contribution in [-0.2, 0) is 20.9 Å². The number of carbonyl (C=O) groups excluding carboxylic acids is 1. The molecule has 1 aliphatic rings. The number of aliphatic carboxylic acids is 1. The Hall–Kier alpha value is -2.34. The van der Waals surface area contributed by atoms with E-state index in [1.165, 1.54) is 6.08 Å². The molecular weight excluding hydrogens is 298 g/mol. The van der Waals surface area contributed by atoms with Crippen LogP contribution in [0.5, 0.6) is 0 Å². The number of carboxylic acid groups (broad SMARTS) is 1. The van der Waals surface area contributed by atoms with Gasteiger partial charge in [-0.2, -0.15) is 0 Å². The quantitative estimate of drug-likeness (QED) is 0.719. The van der Waals surface area contributed by atoms with Crippen LogP contribution in [0.4, 0.5) is 4.79 Å². The zero-order valence-corrected chi connectivity index (χ0v) is 12.9. The zero-order chi connectivity index (χ0) is 16.7. The Balaban J connectivity index is 1.75. The average molecular weight is 319 g/mol. The number of hydrogen-bond acceptors (Lipinski definition) is 4. The van der Waals surface area contributed by atoms with E-state index in [1.54, 1.807) is 0 Å². The predicted molar refractivity (Wildman–Crippen MR) is 83.9 cm³/mol. The number of benzene rings is 1. The molecular formula is C17H21NO5. The van der Waals surface area contributed by atoms with E-state index in [9.17, 15) is 14.7 Å². The van der Waals surface area contributed by atoms with Gasteiger partial charge in [-0.3, -0.25) is 0 Å². The van der Waals surface area contributed by atoms with Gasteiger partial charge in [0.1, 0.15) is 12.1 Å². The Morgan fingerprint density at radius 2 is 2.04 bits per heavy atom. The predicted octanol–water partition coefficient (Wildman–Crippen LogP) is 2.35. The molecule has 0 atom stereocenters. The van der Waals surface area contributed by atoms with E-state index in [1.807, 2.05) is 30.3 Å². The molecule has 0 bridgehead atoms. The van der Waals surface area contributed by atoms with Gasteiger partial charge in [0, 0.05) is 0 Å². The zero-order valence-electron chi connectivity index (χ0n) is 12.9. The number of hydrogen-bond donors (Lipinski definition) is 2. The Morgan fingerprint density at radius 1 is 1.35 bits per heavy atom. The summed E-state index contributed by atoms with van der Waals surface area (Å²) in [7, 11) is 0. The maximum absolute atomic E-state index is 11.5. The summed E-state index contributed by atoms with van der Waals surface area (Å²) in [6.07, 6.45) is 1.35. The number of ether oxygens (including phenoxy) is 2. The molecule has 1 aliphatic carbocycles. The first-order valence-corrected chi connectivity index (χ1v) is 7.46. The highest BCUT2D eigenvalue weighted by Crippen LogP contribution is 2.38. The Morgan fingerprint density at radius 3 is 2.65 bits per heavy atom. The van der Waals surface area contributed by atoms with Crippen molar-refractivity contribution in [2.75, 3.05) is 13.2 Å². The number of alkyl carbamates (subject to hydrolysis) is 1. The van der Waals surface area contributed by atoms with Crippen molar-refractivity contribution in [3.63, 3.8) is 0 Å². The summed E-state index contributed by atoms with van der Waals surface area (Å²) < 4.78 is 10.4. The highest BCUT2D eigenvalue weighted by atomic mass is 16.5. The third-order valence-corrected chi connectivity index (χ3v) is 3.82. The molecule has 0 saturated heterocycles. The molecule has 6 heteroatoms. The molecule has 1 aromatic rings. The first-order valence-electron chi connectivity index (χ1n) is 7.46. The van der Waals surface area contributed by atoms with Gasteiger partial charge in [0.15, 0.2) is 0 Å². The Bertz CT molecular complexity index is 551. The van der Waals surface area contributed by atoms with Gasteiger partial charge in [-0.15, -0.1) is 0 Å². The summed E-state index contributed by atoms with van der Waals surface area (Å²) in [5.74, 6) is -0.943. The molecule has 0 aliphatic heterocycles. The maximum Gasteiger partial charge on any atom is 0.408 e. The van der Waals surface area contributed by atoms with Gasteiger partial charge in [0.05, 0.1) is 13.2 Å². The minimum atomic E-state index is -1.25. The van der Waals surface area contributed by atoms with Crippen LogP contribution < -0.4 is 5.32 Å². The monoisotopic (exact) mass is 319 g/mol. The van der Waals surface area contributed by atoms with E-state index in [2.05, 4.69) is 11.9 Å². The van der Waals surface area contributed by atoms with Crippen molar-refractivity contribution in [2.24, 2.45) is 5.92 Å². The second kappa shape index (κ2) is 7.78. The SMILES string of the molecule is C=CCOC(=O)NC1(C(=O)O)CC(COCc2ccccc2)C1. The largest absolute Gasteiger partial charge is 0.480 e. The number of nitrogens with one attached hydrogen (secondary N) is 1. The van der Waals surface area contributed by atoms with Crippen molar-refractivity contribution in [2.45, 2.75) is 25.0 Å². The average Bonchev–Trinajstić information content (AvgIpc) is 2.50. The lowest BCUT2D eigenvalue weighted by molar-refractivity contribution is -0.152. The molecule has 23 heavy (non-hydrogen) atoms. The number of carbonyl (C=O) groups is 2. The van der Waals surface area contributed by atoms with Gasteiger partial charge in [-0.1, -0.05) is 43.0 Å². The summed E-state index contributed by atoms with van der Waals surface area (Å²) in [5.41, 5.74) is -0.179. The van der Waals surface area contributed by atoms with Gasteiger partial charge in [-0.05, 0) is 24.3 Å². The smallest absolute Gasteiger partial charge is 0.408 e. The summed E-state index contributed by atoms with van der Waals surface area (Å²) in [4.78, 5) is 23.0. The fraction of sp³-hybridized carbons (Fsp3) is 0.412. The number of carboxylic acids is 1. The molecule has 0 unspecified atom stereocenters. The molecule has 0 aromatic heterocycles. The molecule has 2 N–H and O–H groups in total. The van der Waals surface area contributed by atoms with Gasteiger partial charge in [0.2, 0.25) is 0 Å². The van der Waals surface area contributed by atoms with Crippen LogP contribution in [0.25, 0.3) is 0 Å². The fourth-order valence-electron chi connectivity index (χ4n) is 2.66. The molecule has 0 heterocycles. The minimum absolute atomic E-state index is 0.0468. The summed E-state index contributed by atoms with van der Waals surface area (Å²) in [6, 6.07) is 9.76. The third kappa shape index (κ3) is 4.56. The van der Waals surface area contributed by atoms with Gasteiger partial charge < -0.3 is 19.9 Å². The highest BCUT2D eigenvalue weighted by Gasteiger charge is 2.52. The molecule has 1 fully saturated rings. The van der Waals surface area contributed by atoms with Crippen molar-refractivity contribution in [3.8, 4) is 0 Å². The summed E-state index contributed by atoms with van der Waals surface area (Å²) in [6.45, 7) is 4.44. The second-order valence-electron chi connectivity index (χ2n) is 5.67. The van der Waals surface area contributed by atoms with Crippen LogP contribution >= 0.6 is 0 Å². The van der Waals surface area contributed by atoms with Crippen molar-refractivity contribution >= 4 is 12.1 Å². The Labute approximate surface area is 135 Å². The molecule has 0 radical (unpaired) electrons. The Kier molecular flexibility index (Phi) is 5.76. The summed E-state index contributed by atoms with van der Waals surface area (Å²) >= 11 is 0. The molecule has 1 saturated carbocycles. The fourth-order valence-corrected chi connectivity index (χ4v) is 2.66. The van der Waals surface area contributed by atoms with Gasteiger partial charge in [0.25, 0.3) is 0 Å². The van der Waals surface area contributed by atoms with Crippen LogP contribution in [0.15, 0.2) is 43.0 Å². The van der Waals surface area contributed by atoms with Gasteiger partial charge >= 0.3 is 12.1 Å². The van der Waals surface area contributed by atoms with E-state index in [0.717, 1.165) is 5.56 Å².